The molecule has 0 spiro atoms. The van der Waals surface area contributed by atoms with Gasteiger partial charge in [0.1, 0.15) is 0 Å². The maximum atomic E-state index is 5.35. The third-order valence-electron chi connectivity index (χ3n) is 0.999. The molecule has 0 atom stereocenters. The van der Waals surface area contributed by atoms with E-state index in [2.05, 4.69) is 0 Å². The predicted molar refractivity (Wildman–Crippen MR) is 47.3 cm³/mol. The van der Waals surface area contributed by atoms with E-state index in [1.165, 1.54) is 10.4 Å². The van der Waals surface area contributed by atoms with E-state index >= 15 is 0 Å². The van der Waals surface area contributed by atoms with Crippen molar-refractivity contribution in [3.8, 4) is 0 Å². The summed E-state index contributed by atoms with van der Waals surface area (Å²) in [5, 5.41) is 1.84. The summed E-state index contributed by atoms with van der Waals surface area (Å²) in [4.78, 5) is 1.21. The van der Waals surface area contributed by atoms with Crippen molar-refractivity contribution in [3.63, 3.8) is 0 Å². The largest absolute Gasteiger partial charge is 0.0972 e. The zero-order chi connectivity index (χ0) is 7.23. The molecule has 0 fully saturated rings. The van der Waals surface area contributed by atoms with Crippen molar-refractivity contribution in [2.75, 3.05) is 0 Å². The molecular formula is C8H7ClS. The highest BCUT2D eigenvalue weighted by molar-refractivity contribution is 8.02. The fourth-order valence-corrected chi connectivity index (χ4v) is 1.28. The molecule has 0 heterocycles. The Kier molecular flexibility index (Phi) is 3.41. The van der Waals surface area contributed by atoms with Crippen LogP contribution >= 0.6 is 23.4 Å². The second-order valence-corrected chi connectivity index (χ2v) is 2.92. The number of thioether (sulfide) groups is 1. The van der Waals surface area contributed by atoms with Crippen LogP contribution < -0.4 is 0 Å². The smallest absolute Gasteiger partial charge is 0.0116 e. The van der Waals surface area contributed by atoms with E-state index in [-0.39, 0.29) is 0 Å². The Morgan fingerprint density at radius 1 is 1.20 bits per heavy atom. The molecule has 0 N–H and O–H groups in total. The quantitative estimate of drug-likeness (QED) is 0.613. The first kappa shape index (κ1) is 7.70. The van der Waals surface area contributed by atoms with Gasteiger partial charge in [-0.15, -0.1) is 0 Å². The number of benzene rings is 1. The molecule has 10 heavy (non-hydrogen) atoms. The van der Waals surface area contributed by atoms with Gasteiger partial charge in [0.2, 0.25) is 0 Å². The van der Waals surface area contributed by atoms with Gasteiger partial charge in [0.05, 0.1) is 0 Å². The lowest BCUT2D eigenvalue weighted by Crippen LogP contribution is -1.62. The van der Waals surface area contributed by atoms with Crippen LogP contribution in [0.4, 0.5) is 0 Å². The van der Waals surface area contributed by atoms with Crippen molar-refractivity contribution in [2.24, 2.45) is 0 Å². The van der Waals surface area contributed by atoms with E-state index in [0.29, 0.717) is 0 Å². The zero-order valence-corrected chi connectivity index (χ0v) is 6.90. The van der Waals surface area contributed by atoms with Crippen LogP contribution in [0, 0.1) is 0 Å². The number of hydrogen-bond donors (Lipinski definition) is 0. The Hall–Kier alpha value is -0.400. The number of halogens is 1. The van der Waals surface area contributed by atoms with Gasteiger partial charge in [-0.3, -0.25) is 0 Å². The fourth-order valence-electron chi connectivity index (χ4n) is 0.603. The highest BCUT2D eigenvalue weighted by atomic mass is 35.5. The van der Waals surface area contributed by atoms with Gasteiger partial charge in [-0.1, -0.05) is 41.6 Å². The highest BCUT2D eigenvalue weighted by Gasteiger charge is 1.84. The zero-order valence-electron chi connectivity index (χ0n) is 5.33. The predicted octanol–water partition coefficient (Wildman–Crippen LogP) is 3.49. The molecule has 1 aromatic carbocycles. The Morgan fingerprint density at radius 2 is 1.90 bits per heavy atom. The van der Waals surface area contributed by atoms with E-state index in [1.807, 2.05) is 35.7 Å². The maximum Gasteiger partial charge on any atom is 0.0116 e. The van der Waals surface area contributed by atoms with E-state index in [9.17, 15) is 0 Å². The first-order valence-electron chi connectivity index (χ1n) is 2.90. The van der Waals surface area contributed by atoms with Crippen molar-refractivity contribution in [3.05, 3.63) is 41.3 Å². The molecule has 0 aliphatic heterocycles. The van der Waals surface area contributed by atoms with Gasteiger partial charge in [0.25, 0.3) is 0 Å². The Labute approximate surface area is 69.9 Å². The highest BCUT2D eigenvalue weighted by Crippen LogP contribution is 2.17. The summed E-state index contributed by atoms with van der Waals surface area (Å²) in [7, 11) is 0. The molecule has 0 nitrogen and oxygen atoms in total. The van der Waals surface area contributed by atoms with Gasteiger partial charge < -0.3 is 0 Å². The van der Waals surface area contributed by atoms with Crippen molar-refractivity contribution < 1.29 is 0 Å². The summed E-state index contributed by atoms with van der Waals surface area (Å²) in [6, 6.07) is 10.1. The molecule has 0 saturated heterocycles. The Morgan fingerprint density at radius 3 is 2.50 bits per heavy atom. The van der Waals surface area contributed by atoms with Crippen LogP contribution in [0.3, 0.4) is 0 Å². The Bertz CT molecular complexity index is 206. The third-order valence-corrected chi connectivity index (χ3v) is 2.09. The monoisotopic (exact) mass is 170 g/mol. The molecule has 0 unspecified atom stereocenters. The fraction of sp³-hybridized carbons (Fsp3) is 0. The van der Waals surface area contributed by atoms with Crippen LogP contribution in [0.1, 0.15) is 0 Å². The van der Waals surface area contributed by atoms with E-state index in [4.69, 9.17) is 11.6 Å². The van der Waals surface area contributed by atoms with Crippen molar-refractivity contribution in [1.29, 1.82) is 0 Å². The van der Waals surface area contributed by atoms with E-state index < -0.39 is 0 Å². The van der Waals surface area contributed by atoms with Gasteiger partial charge in [-0.05, 0) is 17.5 Å². The lowest BCUT2D eigenvalue weighted by Gasteiger charge is -1.91. The lowest BCUT2D eigenvalue weighted by molar-refractivity contribution is 1.47. The topological polar surface area (TPSA) is 0 Å². The summed E-state index contributed by atoms with van der Waals surface area (Å²) >= 11 is 6.96. The van der Waals surface area contributed by atoms with Gasteiger partial charge >= 0.3 is 0 Å². The van der Waals surface area contributed by atoms with Crippen LogP contribution in [0.2, 0.25) is 0 Å². The minimum Gasteiger partial charge on any atom is -0.0972 e. The van der Waals surface area contributed by atoms with Crippen molar-refractivity contribution >= 4 is 23.4 Å². The van der Waals surface area contributed by atoms with Gasteiger partial charge in [-0.2, -0.15) is 0 Å². The lowest BCUT2D eigenvalue weighted by atomic mass is 10.4. The molecule has 0 amide bonds. The number of hydrogen-bond acceptors (Lipinski definition) is 1. The van der Waals surface area contributed by atoms with Gasteiger partial charge in [0, 0.05) is 10.4 Å². The van der Waals surface area contributed by atoms with Crippen molar-refractivity contribution in [2.45, 2.75) is 4.90 Å². The molecular weight excluding hydrogens is 164 g/mol. The van der Waals surface area contributed by atoms with E-state index in [0.717, 1.165) is 0 Å². The molecule has 0 aromatic heterocycles. The van der Waals surface area contributed by atoms with Crippen LogP contribution in [0.5, 0.6) is 0 Å². The normalized spacial score (nSPS) is 10.5. The molecule has 0 saturated carbocycles. The minimum atomic E-state index is 1.21. The van der Waals surface area contributed by atoms with Gasteiger partial charge in [0.15, 0.2) is 0 Å². The Balaban J connectivity index is 2.59. The summed E-state index contributed by atoms with van der Waals surface area (Å²) in [6.07, 6.45) is 0. The third kappa shape index (κ3) is 2.46. The molecule has 0 aliphatic rings. The minimum absolute atomic E-state index is 1.21. The first-order valence-corrected chi connectivity index (χ1v) is 4.22. The summed E-state index contributed by atoms with van der Waals surface area (Å²) in [5.74, 6) is 0. The van der Waals surface area contributed by atoms with E-state index in [1.54, 1.807) is 11.8 Å². The first-order chi connectivity index (χ1) is 4.93. The second kappa shape index (κ2) is 4.42. The molecule has 1 aromatic rings. The SMILES string of the molecule is Cl/C=C/Sc1ccccc1. The molecule has 0 bridgehead atoms. The average Bonchev–Trinajstić information content (AvgIpc) is 2.03. The molecule has 2 heteroatoms. The molecule has 0 aliphatic carbocycles. The standard InChI is InChI=1S/C8H7ClS/c9-6-7-10-8-4-2-1-3-5-8/h1-7H/b7-6+. The summed E-state index contributed by atoms with van der Waals surface area (Å²) in [6.45, 7) is 0. The van der Waals surface area contributed by atoms with Crippen LogP contribution in [-0.4, -0.2) is 0 Å². The van der Waals surface area contributed by atoms with Crippen LogP contribution in [0.25, 0.3) is 0 Å². The number of rotatable bonds is 2. The van der Waals surface area contributed by atoms with Gasteiger partial charge in [-0.25, -0.2) is 0 Å². The summed E-state index contributed by atoms with van der Waals surface area (Å²) in [5.41, 5.74) is 1.51. The second-order valence-electron chi connectivity index (χ2n) is 1.69. The molecule has 1 rings (SSSR count). The van der Waals surface area contributed by atoms with Crippen LogP contribution in [0.15, 0.2) is 46.2 Å². The molecule has 0 radical (unpaired) electrons. The summed E-state index contributed by atoms with van der Waals surface area (Å²) < 4.78 is 0. The van der Waals surface area contributed by atoms with Crippen LogP contribution in [-0.2, 0) is 0 Å². The molecule has 52 valence electrons. The average molecular weight is 171 g/mol. The maximum absolute atomic E-state index is 5.35. The van der Waals surface area contributed by atoms with Crippen molar-refractivity contribution in [1.82, 2.24) is 0 Å².